The second kappa shape index (κ2) is 3.64. The third-order valence-corrected chi connectivity index (χ3v) is 2.34. The zero-order valence-corrected chi connectivity index (χ0v) is 7.10. The van der Waals surface area contributed by atoms with Crippen molar-refractivity contribution in [2.45, 2.75) is 19.4 Å². The van der Waals surface area contributed by atoms with Gasteiger partial charge in [0.05, 0.1) is 4.88 Å². The summed E-state index contributed by atoms with van der Waals surface area (Å²) in [4.78, 5) is 11.8. The van der Waals surface area contributed by atoms with Crippen molar-refractivity contribution in [2.24, 2.45) is 0 Å². The molecule has 1 unspecified atom stereocenters. The van der Waals surface area contributed by atoms with E-state index in [0.29, 0.717) is 11.3 Å². The highest BCUT2D eigenvalue weighted by molar-refractivity contribution is 7.12. The minimum atomic E-state index is -0.825. The molecular weight excluding hydrogens is 160 g/mol. The Labute approximate surface area is 69.5 Å². The maximum Gasteiger partial charge on any atom is 0.201 e. The zero-order valence-electron chi connectivity index (χ0n) is 6.28. The summed E-state index contributed by atoms with van der Waals surface area (Å²) in [6.45, 7) is 1.79. The Morgan fingerprint density at radius 3 is 3.00 bits per heavy atom. The molecule has 0 aliphatic rings. The van der Waals surface area contributed by atoms with Crippen LogP contribution in [0.5, 0.6) is 0 Å². The molecule has 1 N–H and O–H groups in total. The van der Waals surface area contributed by atoms with Gasteiger partial charge in [-0.3, -0.25) is 4.79 Å². The van der Waals surface area contributed by atoms with Crippen LogP contribution in [-0.4, -0.2) is 17.0 Å². The quantitative estimate of drug-likeness (QED) is 0.701. The van der Waals surface area contributed by atoms with Crippen molar-refractivity contribution in [3.8, 4) is 0 Å². The van der Waals surface area contributed by atoms with Gasteiger partial charge >= 0.3 is 0 Å². The number of aliphatic hydroxyl groups is 1. The topological polar surface area (TPSA) is 37.3 Å². The average molecular weight is 170 g/mol. The van der Waals surface area contributed by atoms with E-state index >= 15 is 0 Å². The van der Waals surface area contributed by atoms with Crippen LogP contribution in [0.15, 0.2) is 17.5 Å². The maximum atomic E-state index is 11.2. The first-order chi connectivity index (χ1) is 5.25. The minimum Gasteiger partial charge on any atom is -0.385 e. The fourth-order valence-electron chi connectivity index (χ4n) is 0.768. The van der Waals surface area contributed by atoms with Gasteiger partial charge < -0.3 is 5.11 Å². The van der Waals surface area contributed by atoms with Crippen LogP contribution in [0.25, 0.3) is 0 Å². The summed E-state index contributed by atoms with van der Waals surface area (Å²) in [5.74, 6) is -0.164. The molecule has 2 nitrogen and oxygen atoms in total. The molecule has 0 aliphatic carbocycles. The average Bonchev–Trinajstić information content (AvgIpc) is 2.53. The fraction of sp³-hybridized carbons (Fsp3) is 0.375. The van der Waals surface area contributed by atoms with Crippen LogP contribution < -0.4 is 0 Å². The van der Waals surface area contributed by atoms with Crippen LogP contribution in [0.1, 0.15) is 23.0 Å². The molecule has 1 atom stereocenters. The fourth-order valence-corrected chi connectivity index (χ4v) is 1.48. The maximum absolute atomic E-state index is 11.2. The van der Waals surface area contributed by atoms with Crippen molar-refractivity contribution in [2.75, 3.05) is 0 Å². The van der Waals surface area contributed by atoms with Gasteiger partial charge in [0.2, 0.25) is 5.78 Å². The van der Waals surface area contributed by atoms with Gasteiger partial charge in [-0.05, 0) is 17.9 Å². The van der Waals surface area contributed by atoms with Crippen molar-refractivity contribution >= 4 is 17.1 Å². The molecule has 0 amide bonds. The third-order valence-electron chi connectivity index (χ3n) is 1.45. The Morgan fingerprint density at radius 2 is 2.55 bits per heavy atom. The first kappa shape index (κ1) is 8.43. The number of hydrogen-bond donors (Lipinski definition) is 1. The highest BCUT2D eigenvalue weighted by Crippen LogP contribution is 2.12. The van der Waals surface area contributed by atoms with E-state index in [1.54, 1.807) is 19.1 Å². The summed E-state index contributed by atoms with van der Waals surface area (Å²) in [5.41, 5.74) is 0. The van der Waals surface area contributed by atoms with Crippen molar-refractivity contribution in [1.29, 1.82) is 0 Å². The van der Waals surface area contributed by atoms with E-state index in [1.807, 2.05) is 5.38 Å². The molecule has 0 bridgehead atoms. The summed E-state index contributed by atoms with van der Waals surface area (Å²) in [6.07, 6.45) is -0.342. The van der Waals surface area contributed by atoms with Gasteiger partial charge in [-0.2, -0.15) is 0 Å². The molecule has 1 rings (SSSR count). The van der Waals surface area contributed by atoms with E-state index in [-0.39, 0.29) is 5.78 Å². The van der Waals surface area contributed by atoms with Crippen molar-refractivity contribution in [3.63, 3.8) is 0 Å². The van der Waals surface area contributed by atoms with Crippen LogP contribution in [0, 0.1) is 0 Å². The van der Waals surface area contributed by atoms with Gasteiger partial charge in [0.1, 0.15) is 6.10 Å². The molecule has 0 aliphatic heterocycles. The first-order valence-electron chi connectivity index (χ1n) is 3.51. The molecule has 0 saturated carbocycles. The lowest BCUT2D eigenvalue weighted by Gasteiger charge is -2.02. The smallest absolute Gasteiger partial charge is 0.201 e. The normalized spacial score (nSPS) is 12.9. The molecule has 60 valence electrons. The van der Waals surface area contributed by atoms with Crippen molar-refractivity contribution in [3.05, 3.63) is 22.4 Å². The molecule has 0 radical (unpaired) electrons. The highest BCUT2D eigenvalue weighted by atomic mass is 32.1. The Bertz CT molecular complexity index is 228. The number of carbonyl (C=O) groups excluding carboxylic acids is 1. The van der Waals surface area contributed by atoms with E-state index in [2.05, 4.69) is 0 Å². The van der Waals surface area contributed by atoms with E-state index in [9.17, 15) is 4.79 Å². The first-order valence-corrected chi connectivity index (χ1v) is 4.39. The van der Waals surface area contributed by atoms with Gasteiger partial charge in [-0.25, -0.2) is 0 Å². The summed E-state index contributed by atoms with van der Waals surface area (Å²) in [7, 11) is 0. The van der Waals surface area contributed by atoms with Crippen LogP contribution >= 0.6 is 11.3 Å². The number of hydrogen-bond acceptors (Lipinski definition) is 3. The van der Waals surface area contributed by atoms with Gasteiger partial charge in [0.15, 0.2) is 0 Å². The lowest BCUT2D eigenvalue weighted by molar-refractivity contribution is 0.0745. The third kappa shape index (κ3) is 1.88. The van der Waals surface area contributed by atoms with Crippen LogP contribution in [-0.2, 0) is 0 Å². The Kier molecular flexibility index (Phi) is 2.79. The van der Waals surface area contributed by atoms with Gasteiger partial charge in [-0.15, -0.1) is 11.3 Å². The molecule has 3 heteroatoms. The van der Waals surface area contributed by atoms with Gasteiger partial charge in [-0.1, -0.05) is 13.0 Å². The second-order valence-electron chi connectivity index (χ2n) is 2.27. The van der Waals surface area contributed by atoms with Crippen LogP contribution in [0.4, 0.5) is 0 Å². The lowest BCUT2D eigenvalue weighted by atomic mass is 10.1. The Balaban J connectivity index is 2.70. The van der Waals surface area contributed by atoms with Gasteiger partial charge in [0, 0.05) is 0 Å². The minimum absolute atomic E-state index is 0.164. The number of rotatable bonds is 3. The molecule has 0 fully saturated rings. The number of aliphatic hydroxyl groups excluding tert-OH is 1. The molecule has 1 heterocycles. The highest BCUT2D eigenvalue weighted by Gasteiger charge is 2.14. The number of thiophene rings is 1. The second-order valence-corrected chi connectivity index (χ2v) is 3.21. The predicted octanol–water partition coefficient (Wildman–Crippen LogP) is 1.70. The molecule has 1 aromatic heterocycles. The summed E-state index contributed by atoms with van der Waals surface area (Å²) in [6, 6.07) is 3.53. The lowest BCUT2D eigenvalue weighted by Crippen LogP contribution is -2.17. The van der Waals surface area contributed by atoms with Crippen LogP contribution in [0.3, 0.4) is 0 Å². The molecule has 0 aromatic carbocycles. The largest absolute Gasteiger partial charge is 0.385 e. The summed E-state index contributed by atoms with van der Waals surface area (Å²) in [5, 5.41) is 11.0. The monoisotopic (exact) mass is 170 g/mol. The van der Waals surface area contributed by atoms with Crippen molar-refractivity contribution < 1.29 is 9.90 Å². The van der Waals surface area contributed by atoms with E-state index in [1.165, 1.54) is 11.3 Å². The van der Waals surface area contributed by atoms with E-state index in [4.69, 9.17) is 5.11 Å². The number of carbonyl (C=O) groups is 1. The number of Topliss-reactive ketones (excluding diaryl/α,β-unsaturated/α-hetero) is 1. The summed E-state index contributed by atoms with van der Waals surface area (Å²) < 4.78 is 0. The standard InChI is InChI=1S/C8H10O2S/c1-2-6(9)8(10)7-4-3-5-11-7/h3-6,9H,2H2,1H3. The SMILES string of the molecule is CCC(O)C(=O)c1cccs1. The zero-order chi connectivity index (χ0) is 8.27. The molecule has 0 spiro atoms. The molecule has 11 heavy (non-hydrogen) atoms. The van der Waals surface area contributed by atoms with Gasteiger partial charge in [0.25, 0.3) is 0 Å². The predicted molar refractivity (Wildman–Crippen MR) is 44.9 cm³/mol. The molecular formula is C8H10O2S. The van der Waals surface area contributed by atoms with Crippen molar-refractivity contribution in [1.82, 2.24) is 0 Å². The summed E-state index contributed by atoms with van der Waals surface area (Å²) >= 11 is 1.37. The van der Waals surface area contributed by atoms with E-state index in [0.717, 1.165) is 0 Å². The Morgan fingerprint density at radius 1 is 1.82 bits per heavy atom. The number of ketones is 1. The molecule has 1 aromatic rings. The molecule has 0 saturated heterocycles. The Hall–Kier alpha value is -0.670. The van der Waals surface area contributed by atoms with Crippen LogP contribution in [0.2, 0.25) is 0 Å². The van der Waals surface area contributed by atoms with E-state index < -0.39 is 6.10 Å².